The summed E-state index contributed by atoms with van der Waals surface area (Å²) < 4.78 is 0. The second-order valence-corrected chi connectivity index (χ2v) is 5.02. The summed E-state index contributed by atoms with van der Waals surface area (Å²) in [6.45, 7) is 6.19. The number of fused-ring (bicyclic) bond motifs is 3. The van der Waals surface area contributed by atoms with Crippen LogP contribution in [0.15, 0.2) is 55.1 Å². The molecule has 2 aromatic rings. The Hall–Kier alpha value is -1.53. The maximum absolute atomic E-state index is 6.35. The van der Waals surface area contributed by atoms with Crippen LogP contribution in [-0.4, -0.2) is 0 Å². The lowest BCUT2D eigenvalue weighted by Crippen LogP contribution is -2.16. The molecule has 0 aromatic heterocycles. The van der Waals surface area contributed by atoms with Crippen molar-refractivity contribution in [1.29, 1.82) is 0 Å². The lowest BCUT2D eigenvalue weighted by atomic mass is 9.80. The van der Waals surface area contributed by atoms with Crippen LogP contribution >= 0.6 is 11.6 Å². The number of allylic oxidation sites excluding steroid dienone is 1. The van der Waals surface area contributed by atoms with Crippen LogP contribution in [0.1, 0.15) is 18.1 Å². The molecule has 0 spiro atoms. The molecule has 0 N–H and O–H groups in total. The van der Waals surface area contributed by atoms with E-state index in [0.717, 1.165) is 10.6 Å². The Balaban J connectivity index is 2.47. The van der Waals surface area contributed by atoms with E-state index in [1.165, 1.54) is 16.7 Å². The van der Waals surface area contributed by atoms with Crippen LogP contribution in [-0.2, 0) is 5.41 Å². The van der Waals surface area contributed by atoms with E-state index in [2.05, 4.69) is 43.8 Å². The predicted molar refractivity (Wildman–Crippen MR) is 73.5 cm³/mol. The molecule has 3 rings (SSSR count). The Kier molecular flexibility index (Phi) is 2.17. The van der Waals surface area contributed by atoms with Gasteiger partial charge in [0, 0.05) is 16.0 Å². The van der Waals surface area contributed by atoms with Crippen molar-refractivity contribution in [1.82, 2.24) is 0 Å². The molecule has 0 nitrogen and oxygen atoms in total. The molecule has 2 aromatic carbocycles. The first-order valence-corrected chi connectivity index (χ1v) is 6.09. The zero-order chi connectivity index (χ0) is 12.0. The van der Waals surface area contributed by atoms with E-state index in [9.17, 15) is 0 Å². The summed E-state index contributed by atoms with van der Waals surface area (Å²) in [5.74, 6) is 0. The Morgan fingerprint density at radius 3 is 2.53 bits per heavy atom. The largest absolute Gasteiger partial charge is 0.102 e. The monoisotopic (exact) mass is 240 g/mol. The van der Waals surface area contributed by atoms with E-state index < -0.39 is 0 Å². The van der Waals surface area contributed by atoms with Crippen LogP contribution in [0.3, 0.4) is 0 Å². The fraction of sp³-hybridized carbons (Fsp3) is 0.125. The average Bonchev–Trinajstić information content (AvgIpc) is 2.63. The van der Waals surface area contributed by atoms with E-state index in [1.54, 1.807) is 0 Å². The van der Waals surface area contributed by atoms with Gasteiger partial charge in [-0.25, -0.2) is 0 Å². The molecule has 1 aliphatic rings. The summed E-state index contributed by atoms with van der Waals surface area (Å²) in [6.07, 6.45) is 2.01. The minimum atomic E-state index is -0.128. The van der Waals surface area contributed by atoms with E-state index in [-0.39, 0.29) is 5.41 Å². The number of rotatable bonds is 1. The van der Waals surface area contributed by atoms with Crippen LogP contribution in [0.2, 0.25) is 5.02 Å². The van der Waals surface area contributed by atoms with Crippen molar-refractivity contribution in [3.05, 3.63) is 71.3 Å². The van der Waals surface area contributed by atoms with E-state index >= 15 is 0 Å². The molecule has 84 valence electrons. The van der Waals surface area contributed by atoms with E-state index in [4.69, 9.17) is 11.6 Å². The van der Waals surface area contributed by atoms with Crippen molar-refractivity contribution in [2.24, 2.45) is 0 Å². The summed E-state index contributed by atoms with van der Waals surface area (Å²) in [4.78, 5) is 0. The van der Waals surface area contributed by atoms with Crippen LogP contribution in [0.5, 0.6) is 0 Å². The third-order valence-corrected chi connectivity index (χ3v) is 4.05. The molecule has 1 heteroatoms. The molecule has 17 heavy (non-hydrogen) atoms. The highest BCUT2D eigenvalue weighted by atomic mass is 35.5. The molecule has 0 bridgehead atoms. The van der Waals surface area contributed by atoms with Crippen LogP contribution < -0.4 is 0 Å². The molecule has 1 unspecified atom stereocenters. The Bertz CT molecular complexity index is 613. The molecule has 0 saturated carbocycles. The number of hydrogen-bond donors (Lipinski definition) is 0. The Labute approximate surface area is 107 Å². The molecule has 0 amide bonds. The van der Waals surface area contributed by atoms with Gasteiger partial charge in [-0.1, -0.05) is 54.1 Å². The third-order valence-electron chi connectivity index (χ3n) is 3.74. The maximum atomic E-state index is 6.35. The second-order valence-electron chi connectivity index (χ2n) is 4.61. The molecule has 1 aliphatic carbocycles. The number of hydrogen-bond acceptors (Lipinski definition) is 0. The summed E-state index contributed by atoms with van der Waals surface area (Å²) in [7, 11) is 0. The second kappa shape index (κ2) is 3.48. The number of benzene rings is 2. The van der Waals surface area contributed by atoms with Gasteiger partial charge in [0.25, 0.3) is 0 Å². The quantitative estimate of drug-likeness (QED) is 0.628. The average molecular weight is 241 g/mol. The van der Waals surface area contributed by atoms with E-state index in [0.29, 0.717) is 0 Å². The summed E-state index contributed by atoms with van der Waals surface area (Å²) in [5, 5.41) is 0.820. The highest BCUT2D eigenvalue weighted by Gasteiger charge is 2.37. The minimum absolute atomic E-state index is 0.128. The van der Waals surface area contributed by atoms with Gasteiger partial charge in [-0.15, -0.1) is 6.58 Å². The fourth-order valence-corrected chi connectivity index (χ4v) is 3.03. The van der Waals surface area contributed by atoms with Gasteiger partial charge in [0.15, 0.2) is 0 Å². The molecular weight excluding hydrogens is 228 g/mol. The molecule has 0 radical (unpaired) electrons. The Morgan fingerprint density at radius 2 is 1.76 bits per heavy atom. The summed E-state index contributed by atoms with van der Waals surface area (Å²) in [5.41, 5.74) is 4.80. The molecule has 0 fully saturated rings. The standard InChI is InChI=1S/C16H13Cl/c1-3-16(2)12-8-5-4-7-11(12)15-13(16)9-6-10-14(15)17/h3-10H,1H2,2H3. The highest BCUT2D eigenvalue weighted by Crippen LogP contribution is 2.51. The van der Waals surface area contributed by atoms with Gasteiger partial charge in [-0.2, -0.15) is 0 Å². The first kappa shape index (κ1) is 10.6. The highest BCUT2D eigenvalue weighted by molar-refractivity contribution is 6.33. The lowest BCUT2D eigenvalue weighted by molar-refractivity contribution is 0.749. The molecule has 0 saturated heterocycles. The lowest BCUT2D eigenvalue weighted by Gasteiger charge is -2.22. The topological polar surface area (TPSA) is 0 Å². The molecule has 0 heterocycles. The zero-order valence-corrected chi connectivity index (χ0v) is 10.5. The maximum Gasteiger partial charge on any atom is 0.0487 e. The van der Waals surface area contributed by atoms with Gasteiger partial charge in [0.1, 0.15) is 0 Å². The normalized spacial score (nSPS) is 20.8. The van der Waals surface area contributed by atoms with E-state index in [1.807, 2.05) is 18.2 Å². The van der Waals surface area contributed by atoms with Crippen molar-refractivity contribution in [2.75, 3.05) is 0 Å². The van der Waals surface area contributed by atoms with Crippen molar-refractivity contribution in [3.8, 4) is 11.1 Å². The van der Waals surface area contributed by atoms with Gasteiger partial charge in [-0.3, -0.25) is 0 Å². The molecule has 1 atom stereocenters. The van der Waals surface area contributed by atoms with Crippen LogP contribution in [0.25, 0.3) is 11.1 Å². The smallest absolute Gasteiger partial charge is 0.0487 e. The SMILES string of the molecule is C=CC1(C)c2ccccc2-c2c(Cl)cccc21. The third kappa shape index (κ3) is 1.25. The summed E-state index contributed by atoms with van der Waals surface area (Å²) >= 11 is 6.35. The van der Waals surface area contributed by atoms with Gasteiger partial charge < -0.3 is 0 Å². The predicted octanol–water partition coefficient (Wildman–Crippen LogP) is 4.81. The van der Waals surface area contributed by atoms with Gasteiger partial charge >= 0.3 is 0 Å². The minimum Gasteiger partial charge on any atom is -0.102 e. The van der Waals surface area contributed by atoms with Crippen molar-refractivity contribution < 1.29 is 0 Å². The van der Waals surface area contributed by atoms with Gasteiger partial charge in [0.05, 0.1) is 0 Å². The Morgan fingerprint density at radius 1 is 1.06 bits per heavy atom. The fourth-order valence-electron chi connectivity index (χ4n) is 2.75. The molecule has 0 aliphatic heterocycles. The first-order valence-electron chi connectivity index (χ1n) is 5.71. The summed E-state index contributed by atoms with van der Waals surface area (Å²) in [6, 6.07) is 14.5. The zero-order valence-electron chi connectivity index (χ0n) is 9.70. The van der Waals surface area contributed by atoms with Gasteiger partial charge in [0.2, 0.25) is 0 Å². The van der Waals surface area contributed by atoms with Crippen LogP contribution in [0.4, 0.5) is 0 Å². The van der Waals surface area contributed by atoms with Crippen molar-refractivity contribution >= 4 is 11.6 Å². The van der Waals surface area contributed by atoms with Crippen LogP contribution in [0, 0.1) is 0 Å². The van der Waals surface area contributed by atoms with Crippen molar-refractivity contribution in [3.63, 3.8) is 0 Å². The van der Waals surface area contributed by atoms with Gasteiger partial charge in [-0.05, 0) is 29.7 Å². The van der Waals surface area contributed by atoms with Crippen molar-refractivity contribution in [2.45, 2.75) is 12.3 Å². The molecular formula is C16H13Cl. The first-order chi connectivity index (χ1) is 8.18. The number of halogens is 1.